The van der Waals surface area contributed by atoms with E-state index in [1.807, 2.05) is 12.3 Å². The fourth-order valence-electron chi connectivity index (χ4n) is 1.47. The summed E-state index contributed by atoms with van der Waals surface area (Å²) in [5.74, 6) is -0.384. The first-order chi connectivity index (χ1) is 8.15. The van der Waals surface area contributed by atoms with E-state index in [2.05, 4.69) is 10.3 Å². The topological polar surface area (TPSA) is 24.9 Å². The van der Waals surface area contributed by atoms with Crippen molar-refractivity contribution in [2.24, 2.45) is 0 Å². The average Bonchev–Trinajstić information content (AvgIpc) is 2.70. The van der Waals surface area contributed by atoms with E-state index in [9.17, 15) is 4.39 Å². The number of benzene rings is 1. The molecule has 0 aliphatic carbocycles. The standard InChI is InChI=1S/C12H12ClFN2S/c1-8-16-10(7-17-8)6-15-5-9-2-3-12(14)11(13)4-9/h2-4,7,15H,5-6H2,1H3. The zero-order valence-electron chi connectivity index (χ0n) is 9.34. The number of halogens is 2. The summed E-state index contributed by atoms with van der Waals surface area (Å²) >= 11 is 7.33. The molecule has 1 heterocycles. The van der Waals surface area contributed by atoms with Crippen LogP contribution in [-0.4, -0.2) is 4.98 Å². The summed E-state index contributed by atoms with van der Waals surface area (Å²) in [6.45, 7) is 3.34. The van der Waals surface area contributed by atoms with Gasteiger partial charge in [-0.2, -0.15) is 0 Å². The molecule has 1 aromatic carbocycles. The highest BCUT2D eigenvalue weighted by molar-refractivity contribution is 7.09. The van der Waals surface area contributed by atoms with Crippen LogP contribution in [0.5, 0.6) is 0 Å². The van der Waals surface area contributed by atoms with Gasteiger partial charge in [0, 0.05) is 18.5 Å². The van der Waals surface area contributed by atoms with E-state index in [1.54, 1.807) is 23.5 Å². The summed E-state index contributed by atoms with van der Waals surface area (Å²) in [6.07, 6.45) is 0. The van der Waals surface area contributed by atoms with E-state index < -0.39 is 0 Å². The Bertz CT molecular complexity index is 513. The van der Waals surface area contributed by atoms with Crippen LogP contribution in [-0.2, 0) is 13.1 Å². The van der Waals surface area contributed by atoms with Gasteiger partial charge in [-0.25, -0.2) is 9.37 Å². The van der Waals surface area contributed by atoms with Gasteiger partial charge >= 0.3 is 0 Å². The molecule has 0 saturated heterocycles. The van der Waals surface area contributed by atoms with Crippen LogP contribution in [0.1, 0.15) is 16.3 Å². The fraction of sp³-hybridized carbons (Fsp3) is 0.250. The summed E-state index contributed by atoms with van der Waals surface area (Å²) in [7, 11) is 0. The predicted molar refractivity (Wildman–Crippen MR) is 68.8 cm³/mol. The lowest BCUT2D eigenvalue weighted by Gasteiger charge is -2.04. The Kier molecular flexibility index (Phi) is 4.10. The van der Waals surface area contributed by atoms with Gasteiger partial charge in [-0.15, -0.1) is 11.3 Å². The van der Waals surface area contributed by atoms with Crippen LogP contribution >= 0.6 is 22.9 Å². The molecule has 2 nitrogen and oxygen atoms in total. The molecule has 0 fully saturated rings. The third kappa shape index (κ3) is 3.49. The Balaban J connectivity index is 1.87. The number of aryl methyl sites for hydroxylation is 1. The molecule has 2 rings (SSSR count). The maximum absolute atomic E-state index is 12.9. The lowest BCUT2D eigenvalue weighted by molar-refractivity contribution is 0.625. The van der Waals surface area contributed by atoms with Crippen molar-refractivity contribution in [3.63, 3.8) is 0 Å². The SMILES string of the molecule is Cc1nc(CNCc2ccc(F)c(Cl)c2)cs1. The highest BCUT2D eigenvalue weighted by Crippen LogP contribution is 2.16. The van der Waals surface area contributed by atoms with E-state index in [-0.39, 0.29) is 10.8 Å². The molecule has 1 N–H and O–H groups in total. The van der Waals surface area contributed by atoms with E-state index in [0.29, 0.717) is 13.1 Å². The molecule has 0 aliphatic rings. The summed E-state index contributed by atoms with van der Waals surface area (Å²) in [6, 6.07) is 4.74. The molecular formula is C12H12ClFN2S. The van der Waals surface area contributed by atoms with Crippen molar-refractivity contribution in [3.8, 4) is 0 Å². The molecule has 0 aliphatic heterocycles. The lowest BCUT2D eigenvalue weighted by Crippen LogP contribution is -2.12. The van der Waals surface area contributed by atoms with Gasteiger partial charge in [-0.1, -0.05) is 17.7 Å². The van der Waals surface area contributed by atoms with E-state index in [4.69, 9.17) is 11.6 Å². The second-order valence-electron chi connectivity index (χ2n) is 3.71. The Morgan fingerprint density at radius 2 is 2.24 bits per heavy atom. The van der Waals surface area contributed by atoms with Gasteiger partial charge < -0.3 is 5.32 Å². The Morgan fingerprint density at radius 3 is 2.88 bits per heavy atom. The number of hydrogen-bond acceptors (Lipinski definition) is 3. The third-order valence-electron chi connectivity index (χ3n) is 2.29. The molecule has 0 amide bonds. The van der Waals surface area contributed by atoms with E-state index >= 15 is 0 Å². The van der Waals surface area contributed by atoms with Crippen LogP contribution in [0.4, 0.5) is 4.39 Å². The molecule has 1 aromatic heterocycles. The van der Waals surface area contributed by atoms with Gasteiger partial charge in [0.05, 0.1) is 15.7 Å². The molecular weight excluding hydrogens is 259 g/mol. The van der Waals surface area contributed by atoms with E-state index in [1.165, 1.54) is 6.07 Å². The first kappa shape index (κ1) is 12.5. The summed E-state index contributed by atoms with van der Waals surface area (Å²) in [4.78, 5) is 4.34. The second-order valence-corrected chi connectivity index (χ2v) is 5.18. The fourth-order valence-corrected chi connectivity index (χ4v) is 2.29. The van der Waals surface area contributed by atoms with Crippen molar-refractivity contribution in [2.45, 2.75) is 20.0 Å². The molecule has 5 heteroatoms. The van der Waals surface area contributed by atoms with Gasteiger partial charge in [-0.3, -0.25) is 0 Å². The van der Waals surface area contributed by atoms with Gasteiger partial charge in [0.25, 0.3) is 0 Å². The van der Waals surface area contributed by atoms with Crippen LogP contribution in [0.15, 0.2) is 23.6 Å². The maximum Gasteiger partial charge on any atom is 0.141 e. The third-order valence-corrected chi connectivity index (χ3v) is 3.40. The predicted octanol–water partition coefficient (Wildman–Crippen LogP) is 3.53. The van der Waals surface area contributed by atoms with Gasteiger partial charge in [0.15, 0.2) is 0 Å². The number of hydrogen-bond donors (Lipinski definition) is 1. The van der Waals surface area contributed by atoms with Crippen LogP contribution in [0.25, 0.3) is 0 Å². The quantitative estimate of drug-likeness (QED) is 0.919. The largest absolute Gasteiger partial charge is 0.307 e. The minimum atomic E-state index is -0.384. The van der Waals surface area contributed by atoms with Crippen molar-refractivity contribution < 1.29 is 4.39 Å². The van der Waals surface area contributed by atoms with Gasteiger partial charge in [-0.05, 0) is 24.6 Å². The van der Waals surface area contributed by atoms with Gasteiger partial charge in [0.2, 0.25) is 0 Å². The Morgan fingerprint density at radius 1 is 1.41 bits per heavy atom. The Labute approximate surface area is 108 Å². The first-order valence-corrected chi connectivity index (χ1v) is 6.46. The first-order valence-electron chi connectivity index (χ1n) is 5.21. The zero-order chi connectivity index (χ0) is 12.3. The number of nitrogens with one attached hydrogen (secondary N) is 1. The average molecular weight is 271 g/mol. The number of aromatic nitrogens is 1. The molecule has 17 heavy (non-hydrogen) atoms. The van der Waals surface area contributed by atoms with Crippen LogP contribution < -0.4 is 5.32 Å². The lowest BCUT2D eigenvalue weighted by atomic mass is 10.2. The van der Waals surface area contributed by atoms with Crippen LogP contribution in [0.3, 0.4) is 0 Å². The smallest absolute Gasteiger partial charge is 0.141 e. The molecule has 2 aromatic rings. The summed E-state index contributed by atoms with van der Waals surface area (Å²) < 4.78 is 12.9. The second kappa shape index (κ2) is 5.58. The van der Waals surface area contributed by atoms with Crippen LogP contribution in [0, 0.1) is 12.7 Å². The maximum atomic E-state index is 12.9. The minimum absolute atomic E-state index is 0.161. The molecule has 90 valence electrons. The molecule has 0 bridgehead atoms. The normalized spacial score (nSPS) is 10.8. The molecule has 0 spiro atoms. The van der Waals surface area contributed by atoms with Crippen molar-refractivity contribution in [1.29, 1.82) is 0 Å². The highest BCUT2D eigenvalue weighted by atomic mass is 35.5. The number of nitrogens with zero attached hydrogens (tertiary/aromatic N) is 1. The Hall–Kier alpha value is -0.970. The molecule has 0 unspecified atom stereocenters. The van der Waals surface area contributed by atoms with Crippen molar-refractivity contribution in [1.82, 2.24) is 10.3 Å². The zero-order valence-corrected chi connectivity index (χ0v) is 10.9. The van der Waals surface area contributed by atoms with E-state index in [0.717, 1.165) is 16.3 Å². The van der Waals surface area contributed by atoms with Crippen molar-refractivity contribution >= 4 is 22.9 Å². The van der Waals surface area contributed by atoms with Gasteiger partial charge in [0.1, 0.15) is 5.82 Å². The molecule has 0 saturated carbocycles. The molecule has 0 radical (unpaired) electrons. The summed E-state index contributed by atoms with van der Waals surface area (Å²) in [5.41, 5.74) is 1.99. The monoisotopic (exact) mass is 270 g/mol. The summed E-state index contributed by atoms with van der Waals surface area (Å²) in [5, 5.41) is 6.49. The van der Waals surface area contributed by atoms with Crippen molar-refractivity contribution in [2.75, 3.05) is 0 Å². The highest BCUT2D eigenvalue weighted by Gasteiger charge is 2.01. The minimum Gasteiger partial charge on any atom is -0.307 e. The number of rotatable bonds is 4. The van der Waals surface area contributed by atoms with Crippen LogP contribution in [0.2, 0.25) is 5.02 Å². The van der Waals surface area contributed by atoms with Crippen molar-refractivity contribution in [3.05, 3.63) is 50.7 Å². The number of thiazole rings is 1. The molecule has 0 atom stereocenters.